The summed E-state index contributed by atoms with van der Waals surface area (Å²) < 4.78 is 16.4. The maximum Gasteiger partial charge on any atom is 0.347 e. The van der Waals surface area contributed by atoms with Gasteiger partial charge in [-0.25, -0.2) is 4.79 Å². The summed E-state index contributed by atoms with van der Waals surface area (Å²) in [5.74, 6) is 2.01. The van der Waals surface area contributed by atoms with E-state index in [4.69, 9.17) is 37.4 Å². The van der Waals surface area contributed by atoms with Gasteiger partial charge in [0.15, 0.2) is 6.10 Å². The third-order valence-electron chi connectivity index (χ3n) is 3.12. The van der Waals surface area contributed by atoms with E-state index in [9.17, 15) is 4.79 Å². The van der Waals surface area contributed by atoms with Gasteiger partial charge in [-0.1, -0.05) is 23.2 Å². The maximum absolute atomic E-state index is 11.8. The number of carbonyl (C=O) groups excluding carboxylic acids is 1. The fourth-order valence-electron chi connectivity index (χ4n) is 1.87. The standard InChI is InChI=1S/C18H18Cl2O4S/c1-12(18(21)22-9-10-25-2)23-14-4-6-15(7-5-14)24-17-8-3-13(19)11-16(17)20/h3-8,11-12H,9-10H2,1-2H3. The summed E-state index contributed by atoms with van der Waals surface area (Å²) in [5, 5.41) is 0.967. The first-order valence-corrected chi connectivity index (χ1v) is 9.70. The molecule has 0 aliphatic heterocycles. The highest BCUT2D eigenvalue weighted by atomic mass is 35.5. The number of hydrogen-bond donors (Lipinski definition) is 0. The van der Waals surface area contributed by atoms with Crippen LogP contribution in [0.25, 0.3) is 0 Å². The molecule has 0 amide bonds. The minimum Gasteiger partial charge on any atom is -0.479 e. The zero-order valence-electron chi connectivity index (χ0n) is 13.8. The highest BCUT2D eigenvalue weighted by Gasteiger charge is 2.16. The zero-order valence-corrected chi connectivity index (χ0v) is 16.2. The van der Waals surface area contributed by atoms with Crippen LogP contribution in [0.15, 0.2) is 42.5 Å². The van der Waals surface area contributed by atoms with E-state index in [1.54, 1.807) is 61.2 Å². The second-order valence-corrected chi connectivity index (χ2v) is 6.90. The van der Waals surface area contributed by atoms with E-state index in [-0.39, 0.29) is 5.97 Å². The Morgan fingerprint density at radius 3 is 2.44 bits per heavy atom. The van der Waals surface area contributed by atoms with Gasteiger partial charge in [-0.2, -0.15) is 11.8 Å². The lowest BCUT2D eigenvalue weighted by Crippen LogP contribution is -2.26. The Balaban J connectivity index is 1.92. The monoisotopic (exact) mass is 400 g/mol. The highest BCUT2D eigenvalue weighted by molar-refractivity contribution is 7.98. The van der Waals surface area contributed by atoms with Crippen molar-refractivity contribution >= 4 is 40.9 Å². The molecule has 2 aromatic carbocycles. The van der Waals surface area contributed by atoms with Crippen molar-refractivity contribution in [1.29, 1.82) is 0 Å². The minimum atomic E-state index is -0.681. The molecule has 25 heavy (non-hydrogen) atoms. The molecule has 1 unspecified atom stereocenters. The van der Waals surface area contributed by atoms with Crippen LogP contribution in [0.1, 0.15) is 6.92 Å². The number of halogens is 2. The third kappa shape index (κ3) is 6.34. The molecule has 2 aromatic rings. The molecule has 0 radical (unpaired) electrons. The molecule has 0 aliphatic rings. The van der Waals surface area contributed by atoms with Gasteiger partial charge in [0.2, 0.25) is 0 Å². The van der Waals surface area contributed by atoms with Crippen LogP contribution in [-0.2, 0) is 9.53 Å². The average Bonchev–Trinajstić information content (AvgIpc) is 2.59. The van der Waals surface area contributed by atoms with Gasteiger partial charge in [0.05, 0.1) is 5.02 Å². The number of esters is 1. The van der Waals surface area contributed by atoms with Gasteiger partial charge in [0, 0.05) is 10.8 Å². The lowest BCUT2D eigenvalue weighted by Gasteiger charge is -2.14. The van der Waals surface area contributed by atoms with Gasteiger partial charge < -0.3 is 14.2 Å². The van der Waals surface area contributed by atoms with Crippen molar-refractivity contribution in [3.63, 3.8) is 0 Å². The fourth-order valence-corrected chi connectivity index (χ4v) is 2.56. The predicted molar refractivity (Wildman–Crippen MR) is 102 cm³/mol. The third-order valence-corrected chi connectivity index (χ3v) is 4.23. The van der Waals surface area contributed by atoms with Crippen LogP contribution in [-0.4, -0.2) is 30.7 Å². The highest BCUT2D eigenvalue weighted by Crippen LogP contribution is 2.32. The molecule has 0 fully saturated rings. The second-order valence-electron chi connectivity index (χ2n) is 5.07. The maximum atomic E-state index is 11.8. The molecule has 0 bridgehead atoms. The van der Waals surface area contributed by atoms with Crippen molar-refractivity contribution in [3.05, 3.63) is 52.5 Å². The number of ether oxygens (including phenoxy) is 3. The largest absolute Gasteiger partial charge is 0.479 e. The van der Waals surface area contributed by atoms with Crippen molar-refractivity contribution < 1.29 is 19.0 Å². The van der Waals surface area contributed by atoms with Crippen LogP contribution < -0.4 is 9.47 Å². The van der Waals surface area contributed by atoms with Crippen molar-refractivity contribution in [2.45, 2.75) is 13.0 Å². The van der Waals surface area contributed by atoms with Gasteiger partial charge in [-0.3, -0.25) is 0 Å². The van der Waals surface area contributed by atoms with Crippen molar-refractivity contribution in [2.75, 3.05) is 18.6 Å². The number of hydrogen-bond acceptors (Lipinski definition) is 5. The molecule has 0 N–H and O–H groups in total. The summed E-state index contributed by atoms with van der Waals surface area (Å²) in [7, 11) is 0. The first-order chi connectivity index (χ1) is 12.0. The number of benzene rings is 2. The SMILES string of the molecule is CSCCOC(=O)C(C)Oc1ccc(Oc2ccc(Cl)cc2Cl)cc1. The van der Waals surface area contributed by atoms with Crippen LogP contribution in [0.5, 0.6) is 17.2 Å². The molecule has 1 atom stereocenters. The van der Waals surface area contributed by atoms with E-state index in [1.165, 1.54) is 0 Å². The predicted octanol–water partition coefficient (Wildman–Crippen LogP) is 5.46. The van der Waals surface area contributed by atoms with E-state index < -0.39 is 6.10 Å². The molecule has 134 valence electrons. The molecular weight excluding hydrogens is 383 g/mol. The lowest BCUT2D eigenvalue weighted by molar-refractivity contribution is -0.150. The smallest absolute Gasteiger partial charge is 0.347 e. The second kappa shape index (κ2) is 9.80. The van der Waals surface area contributed by atoms with E-state index in [0.29, 0.717) is 33.9 Å². The van der Waals surface area contributed by atoms with Gasteiger partial charge >= 0.3 is 5.97 Å². The van der Waals surface area contributed by atoms with Crippen molar-refractivity contribution in [1.82, 2.24) is 0 Å². The van der Waals surface area contributed by atoms with Crippen LogP contribution >= 0.6 is 35.0 Å². The first-order valence-electron chi connectivity index (χ1n) is 7.55. The molecule has 0 aliphatic carbocycles. The Hall–Kier alpha value is -1.56. The summed E-state index contributed by atoms with van der Waals surface area (Å²) in [6.07, 6.45) is 1.27. The van der Waals surface area contributed by atoms with E-state index in [1.807, 2.05) is 6.26 Å². The minimum absolute atomic E-state index is 0.377. The normalized spacial score (nSPS) is 11.7. The Bertz CT molecular complexity index is 707. The summed E-state index contributed by atoms with van der Waals surface area (Å²) in [4.78, 5) is 11.8. The van der Waals surface area contributed by atoms with Crippen LogP contribution in [0, 0.1) is 0 Å². The molecule has 0 heterocycles. The summed E-state index contributed by atoms with van der Waals surface area (Å²) in [5.41, 5.74) is 0. The molecule has 4 nitrogen and oxygen atoms in total. The molecule has 2 rings (SSSR count). The topological polar surface area (TPSA) is 44.8 Å². The van der Waals surface area contributed by atoms with Gasteiger partial charge in [-0.15, -0.1) is 0 Å². The zero-order chi connectivity index (χ0) is 18.2. The van der Waals surface area contributed by atoms with Crippen LogP contribution in [0.3, 0.4) is 0 Å². The average molecular weight is 401 g/mol. The van der Waals surface area contributed by atoms with Gasteiger partial charge in [0.1, 0.15) is 23.9 Å². The Labute approximate surface area is 161 Å². The van der Waals surface area contributed by atoms with Crippen molar-refractivity contribution in [2.24, 2.45) is 0 Å². The summed E-state index contributed by atoms with van der Waals surface area (Å²) in [6, 6.07) is 11.9. The summed E-state index contributed by atoms with van der Waals surface area (Å²) in [6.45, 7) is 2.03. The number of rotatable bonds is 8. The molecule has 0 aromatic heterocycles. The molecule has 0 spiro atoms. The van der Waals surface area contributed by atoms with Crippen LogP contribution in [0.4, 0.5) is 0 Å². The number of carbonyl (C=O) groups is 1. The van der Waals surface area contributed by atoms with Crippen molar-refractivity contribution in [3.8, 4) is 17.2 Å². The molecular formula is C18H18Cl2O4S. The molecule has 0 saturated carbocycles. The van der Waals surface area contributed by atoms with E-state index >= 15 is 0 Å². The number of thioether (sulfide) groups is 1. The van der Waals surface area contributed by atoms with E-state index in [0.717, 1.165) is 5.75 Å². The lowest BCUT2D eigenvalue weighted by atomic mass is 10.3. The Morgan fingerprint density at radius 2 is 1.80 bits per heavy atom. The first kappa shape index (κ1) is 19.8. The van der Waals surface area contributed by atoms with E-state index in [2.05, 4.69) is 0 Å². The fraction of sp³-hybridized carbons (Fsp3) is 0.278. The molecule has 7 heteroatoms. The van der Waals surface area contributed by atoms with Gasteiger partial charge in [0.25, 0.3) is 0 Å². The summed E-state index contributed by atoms with van der Waals surface area (Å²) >= 11 is 13.6. The van der Waals surface area contributed by atoms with Gasteiger partial charge in [-0.05, 0) is 55.6 Å². The molecule has 0 saturated heterocycles. The quantitative estimate of drug-likeness (QED) is 0.434. The Kier molecular flexibility index (Phi) is 7.75. The Morgan fingerprint density at radius 1 is 1.12 bits per heavy atom. The van der Waals surface area contributed by atoms with Crippen LogP contribution in [0.2, 0.25) is 10.0 Å².